The topological polar surface area (TPSA) is 35.6 Å². The van der Waals surface area contributed by atoms with Crippen molar-refractivity contribution in [3.63, 3.8) is 0 Å². The Morgan fingerprint density at radius 3 is 2.26 bits per heavy atom. The highest BCUT2D eigenvalue weighted by Gasteiger charge is 2.56. The lowest BCUT2D eigenvalue weighted by Gasteiger charge is -2.31. The lowest BCUT2D eigenvalue weighted by molar-refractivity contribution is -0.116. The molecule has 1 aromatic carbocycles. The van der Waals surface area contributed by atoms with Gasteiger partial charge in [0.25, 0.3) is 0 Å². The van der Waals surface area contributed by atoms with Crippen molar-refractivity contribution in [2.45, 2.75) is 20.3 Å². The van der Waals surface area contributed by atoms with E-state index in [9.17, 15) is 4.79 Å². The highest BCUT2D eigenvalue weighted by atomic mass is 35.5. The highest BCUT2D eigenvalue weighted by Crippen LogP contribution is 2.50. The molecule has 2 heterocycles. The summed E-state index contributed by atoms with van der Waals surface area (Å²) in [6.07, 6.45) is 0.532. The van der Waals surface area contributed by atoms with E-state index in [4.69, 9.17) is 11.6 Å². The average Bonchev–Trinajstić information content (AvgIpc) is 2.81. The fourth-order valence-electron chi connectivity index (χ4n) is 4.33. The number of fused-ring (bicyclic) bond motifs is 1. The molecule has 2 unspecified atom stereocenters. The number of carbonyl (C=O) groups is 1. The Balaban J connectivity index is 1.50. The number of nitrogens with one attached hydrogen (secondary N) is 1. The van der Waals surface area contributed by atoms with Crippen LogP contribution in [0, 0.1) is 10.8 Å². The summed E-state index contributed by atoms with van der Waals surface area (Å²) in [6.45, 7) is 10.1. The summed E-state index contributed by atoms with van der Waals surface area (Å²) in [6, 6.07) is 7.24. The van der Waals surface area contributed by atoms with Crippen molar-refractivity contribution in [3.8, 4) is 0 Å². The third-order valence-electron chi connectivity index (χ3n) is 5.62. The van der Waals surface area contributed by atoms with Gasteiger partial charge in [0.05, 0.1) is 0 Å². The number of benzene rings is 1. The number of hydrogen-bond donors (Lipinski definition) is 1. The van der Waals surface area contributed by atoms with Crippen LogP contribution < -0.4 is 5.32 Å². The number of nitrogens with zero attached hydrogens (tertiary/aromatic N) is 2. The average molecular weight is 336 g/mol. The molecule has 3 rings (SSSR count). The third kappa shape index (κ3) is 3.39. The maximum atomic E-state index is 12.1. The number of amides is 1. The molecule has 1 aromatic rings. The van der Waals surface area contributed by atoms with Gasteiger partial charge in [0.2, 0.25) is 5.91 Å². The van der Waals surface area contributed by atoms with Crippen molar-refractivity contribution < 1.29 is 4.79 Å². The molecular formula is C18H26ClN3O. The standard InChI is InChI=1S/C18H26ClN3O/c1-17-10-21(3)11-18(17,2)13-22(12-17)9-8-16(23)20-15-6-4-14(19)5-7-15/h4-7H,8-13H2,1-3H3,(H,20,23). The van der Waals surface area contributed by atoms with E-state index < -0.39 is 0 Å². The maximum absolute atomic E-state index is 12.1. The Kier molecular flexibility index (Phi) is 4.43. The zero-order valence-electron chi connectivity index (χ0n) is 14.2. The summed E-state index contributed by atoms with van der Waals surface area (Å²) < 4.78 is 0. The van der Waals surface area contributed by atoms with Crippen molar-refractivity contribution >= 4 is 23.2 Å². The predicted molar refractivity (Wildman–Crippen MR) is 94.8 cm³/mol. The summed E-state index contributed by atoms with van der Waals surface area (Å²) in [7, 11) is 2.21. The third-order valence-corrected chi connectivity index (χ3v) is 5.88. The molecule has 23 heavy (non-hydrogen) atoms. The molecule has 5 heteroatoms. The molecule has 2 aliphatic heterocycles. The van der Waals surface area contributed by atoms with Gasteiger partial charge in [-0.05, 0) is 31.3 Å². The summed E-state index contributed by atoms with van der Waals surface area (Å²) in [5.41, 5.74) is 1.49. The second kappa shape index (κ2) is 6.08. The van der Waals surface area contributed by atoms with Crippen LogP contribution in [0.1, 0.15) is 20.3 Å². The summed E-state index contributed by atoms with van der Waals surface area (Å²) >= 11 is 5.86. The second-order valence-corrected chi connectivity index (χ2v) is 8.25. The molecule has 126 valence electrons. The molecule has 4 nitrogen and oxygen atoms in total. The van der Waals surface area contributed by atoms with Crippen LogP contribution >= 0.6 is 11.6 Å². The molecule has 2 fully saturated rings. The normalized spacial score (nSPS) is 31.3. The largest absolute Gasteiger partial charge is 0.326 e. The fraction of sp³-hybridized carbons (Fsp3) is 0.611. The molecule has 0 saturated carbocycles. The van der Waals surface area contributed by atoms with E-state index in [-0.39, 0.29) is 5.91 Å². The van der Waals surface area contributed by atoms with Crippen molar-refractivity contribution in [2.75, 3.05) is 45.1 Å². The van der Waals surface area contributed by atoms with E-state index in [0.717, 1.165) is 38.4 Å². The number of rotatable bonds is 4. The first-order valence-corrected chi connectivity index (χ1v) is 8.64. The molecule has 2 saturated heterocycles. The van der Waals surface area contributed by atoms with E-state index >= 15 is 0 Å². The van der Waals surface area contributed by atoms with Crippen LogP contribution in [0.2, 0.25) is 5.02 Å². The predicted octanol–water partition coefficient (Wildman–Crippen LogP) is 2.94. The lowest BCUT2D eigenvalue weighted by Crippen LogP contribution is -2.34. The summed E-state index contributed by atoms with van der Waals surface area (Å²) in [5.74, 6) is 0.0665. The molecule has 2 aliphatic rings. The maximum Gasteiger partial charge on any atom is 0.225 e. The Morgan fingerprint density at radius 1 is 1.13 bits per heavy atom. The SMILES string of the molecule is CN1CC2(C)CN(CCC(=O)Nc3ccc(Cl)cc3)CC2(C)C1. The Hall–Kier alpha value is -1.10. The smallest absolute Gasteiger partial charge is 0.225 e. The number of halogens is 1. The van der Waals surface area contributed by atoms with E-state index in [1.54, 1.807) is 12.1 Å². The van der Waals surface area contributed by atoms with Gasteiger partial charge in [-0.3, -0.25) is 4.79 Å². The van der Waals surface area contributed by atoms with Crippen LogP contribution in [-0.2, 0) is 4.79 Å². The van der Waals surface area contributed by atoms with Gasteiger partial charge in [-0.1, -0.05) is 25.4 Å². The van der Waals surface area contributed by atoms with Gasteiger partial charge in [-0.25, -0.2) is 0 Å². The highest BCUT2D eigenvalue weighted by molar-refractivity contribution is 6.30. The molecule has 1 N–H and O–H groups in total. The van der Waals surface area contributed by atoms with Gasteiger partial charge in [0.15, 0.2) is 0 Å². The van der Waals surface area contributed by atoms with E-state index in [2.05, 4.69) is 36.0 Å². The fourth-order valence-corrected chi connectivity index (χ4v) is 4.45. The van der Waals surface area contributed by atoms with Gasteiger partial charge >= 0.3 is 0 Å². The van der Waals surface area contributed by atoms with E-state index in [1.807, 2.05) is 12.1 Å². The van der Waals surface area contributed by atoms with Crippen molar-refractivity contribution in [1.82, 2.24) is 9.80 Å². The molecule has 2 atom stereocenters. The Labute approximate surface area is 143 Å². The van der Waals surface area contributed by atoms with Gasteiger partial charge in [0.1, 0.15) is 0 Å². The number of carbonyl (C=O) groups excluding carboxylic acids is 1. The van der Waals surface area contributed by atoms with Crippen LogP contribution in [0.25, 0.3) is 0 Å². The molecule has 1 amide bonds. The van der Waals surface area contributed by atoms with Crippen molar-refractivity contribution in [3.05, 3.63) is 29.3 Å². The van der Waals surface area contributed by atoms with Crippen molar-refractivity contribution in [2.24, 2.45) is 10.8 Å². The summed E-state index contributed by atoms with van der Waals surface area (Å²) in [4.78, 5) is 17.0. The minimum atomic E-state index is 0.0665. The quantitative estimate of drug-likeness (QED) is 0.919. The van der Waals surface area contributed by atoms with E-state index in [1.165, 1.54) is 0 Å². The van der Waals surface area contributed by atoms with Crippen molar-refractivity contribution in [1.29, 1.82) is 0 Å². The van der Waals surface area contributed by atoms with Gasteiger partial charge in [-0.2, -0.15) is 0 Å². The molecule has 0 bridgehead atoms. The first kappa shape index (κ1) is 16.7. The van der Waals surface area contributed by atoms with Crippen LogP contribution in [0.3, 0.4) is 0 Å². The minimum Gasteiger partial charge on any atom is -0.326 e. The van der Waals surface area contributed by atoms with Gasteiger partial charge < -0.3 is 15.1 Å². The zero-order valence-corrected chi connectivity index (χ0v) is 15.0. The number of hydrogen-bond acceptors (Lipinski definition) is 3. The first-order chi connectivity index (χ1) is 10.8. The Morgan fingerprint density at radius 2 is 1.70 bits per heavy atom. The van der Waals surface area contributed by atoms with Crippen LogP contribution in [0.5, 0.6) is 0 Å². The van der Waals surface area contributed by atoms with Crippen LogP contribution in [-0.4, -0.2) is 55.5 Å². The zero-order chi connectivity index (χ0) is 16.7. The monoisotopic (exact) mass is 335 g/mol. The van der Waals surface area contributed by atoms with Gasteiger partial charge in [0, 0.05) is 60.7 Å². The molecule has 0 radical (unpaired) electrons. The first-order valence-electron chi connectivity index (χ1n) is 8.26. The van der Waals surface area contributed by atoms with Gasteiger partial charge in [-0.15, -0.1) is 0 Å². The number of anilines is 1. The molecule has 0 spiro atoms. The lowest BCUT2D eigenvalue weighted by atomic mass is 9.71. The Bertz CT molecular complexity index is 570. The van der Waals surface area contributed by atoms with Crippen LogP contribution in [0.15, 0.2) is 24.3 Å². The number of likely N-dealkylation sites (tertiary alicyclic amines) is 2. The molecule has 0 aromatic heterocycles. The summed E-state index contributed by atoms with van der Waals surface area (Å²) in [5, 5.41) is 3.62. The molecular weight excluding hydrogens is 310 g/mol. The van der Waals surface area contributed by atoms with Crippen LogP contribution in [0.4, 0.5) is 5.69 Å². The molecule has 0 aliphatic carbocycles. The second-order valence-electron chi connectivity index (χ2n) is 7.81. The minimum absolute atomic E-state index is 0.0665. The van der Waals surface area contributed by atoms with E-state index in [0.29, 0.717) is 22.3 Å².